The number of pyridine rings is 1. The van der Waals surface area contributed by atoms with Gasteiger partial charge in [0, 0.05) is 12.4 Å². The van der Waals surface area contributed by atoms with Crippen LogP contribution in [0.5, 0.6) is 0 Å². The second-order valence-corrected chi connectivity index (χ2v) is 4.20. The predicted octanol–water partition coefficient (Wildman–Crippen LogP) is 2.52. The highest BCUT2D eigenvalue weighted by Gasteiger charge is 2.16. The Morgan fingerprint density at radius 3 is 2.62 bits per heavy atom. The number of nitrogens with zero attached hydrogens (tertiary/aromatic N) is 2. The molecule has 0 fully saturated rings. The van der Waals surface area contributed by atoms with Gasteiger partial charge in [-0.05, 0) is 30.0 Å². The molecule has 0 saturated carbocycles. The van der Waals surface area contributed by atoms with E-state index in [-0.39, 0.29) is 0 Å². The third-order valence-electron chi connectivity index (χ3n) is 2.36. The summed E-state index contributed by atoms with van der Waals surface area (Å²) in [5.41, 5.74) is 8.62. The van der Waals surface area contributed by atoms with Crippen LogP contribution in [0.1, 0.15) is 19.5 Å². The van der Waals surface area contributed by atoms with Crippen molar-refractivity contribution in [3.05, 3.63) is 30.2 Å². The van der Waals surface area contributed by atoms with Gasteiger partial charge in [0.25, 0.3) is 0 Å². The molecule has 0 aromatic carbocycles. The van der Waals surface area contributed by atoms with E-state index in [9.17, 15) is 0 Å². The molecule has 2 N–H and O–H groups in total. The van der Waals surface area contributed by atoms with Crippen LogP contribution in [0.4, 0.5) is 5.88 Å². The summed E-state index contributed by atoms with van der Waals surface area (Å²) in [5, 5.41) is 4.01. The minimum atomic E-state index is 0.377. The Bertz CT molecular complexity index is 462. The molecule has 0 atom stereocenters. The van der Waals surface area contributed by atoms with Crippen LogP contribution in [0.25, 0.3) is 11.1 Å². The molecule has 0 unspecified atom stereocenters. The lowest BCUT2D eigenvalue weighted by molar-refractivity contribution is 0.422. The highest BCUT2D eigenvalue weighted by molar-refractivity contribution is 5.74. The summed E-state index contributed by atoms with van der Waals surface area (Å²) in [6.07, 6.45) is 4.33. The third-order valence-corrected chi connectivity index (χ3v) is 2.36. The number of rotatable bonds is 3. The topological polar surface area (TPSA) is 64.9 Å². The molecule has 0 aliphatic rings. The Morgan fingerprint density at radius 2 is 2.00 bits per heavy atom. The van der Waals surface area contributed by atoms with Crippen molar-refractivity contribution in [1.82, 2.24) is 10.1 Å². The summed E-state index contributed by atoms with van der Waals surface area (Å²) >= 11 is 0. The van der Waals surface area contributed by atoms with Gasteiger partial charge in [-0.1, -0.05) is 19.0 Å². The molecule has 16 heavy (non-hydrogen) atoms. The quantitative estimate of drug-likeness (QED) is 0.857. The first-order valence-electron chi connectivity index (χ1n) is 5.33. The van der Waals surface area contributed by atoms with Gasteiger partial charge in [0.15, 0.2) is 0 Å². The molecule has 0 aliphatic heterocycles. The van der Waals surface area contributed by atoms with E-state index in [1.807, 2.05) is 12.1 Å². The molecule has 0 amide bonds. The number of hydrogen-bond donors (Lipinski definition) is 1. The molecule has 0 radical (unpaired) electrons. The van der Waals surface area contributed by atoms with Crippen LogP contribution in [0.15, 0.2) is 29.0 Å². The summed E-state index contributed by atoms with van der Waals surface area (Å²) in [5.74, 6) is 0.895. The maximum Gasteiger partial charge on any atom is 0.230 e. The Labute approximate surface area is 94.5 Å². The van der Waals surface area contributed by atoms with Gasteiger partial charge < -0.3 is 10.3 Å². The van der Waals surface area contributed by atoms with E-state index < -0.39 is 0 Å². The average Bonchev–Trinajstić information content (AvgIpc) is 2.60. The first kappa shape index (κ1) is 10.7. The fourth-order valence-corrected chi connectivity index (χ4v) is 1.69. The zero-order chi connectivity index (χ0) is 11.5. The van der Waals surface area contributed by atoms with Gasteiger partial charge in [-0.3, -0.25) is 4.98 Å². The SMILES string of the molecule is CC(C)Cc1noc(N)c1-c1ccncc1. The van der Waals surface area contributed by atoms with Crippen molar-refractivity contribution >= 4 is 5.88 Å². The molecule has 2 aromatic rings. The zero-order valence-corrected chi connectivity index (χ0v) is 9.47. The van der Waals surface area contributed by atoms with Gasteiger partial charge in [0.1, 0.15) is 0 Å². The molecule has 84 valence electrons. The highest BCUT2D eigenvalue weighted by atomic mass is 16.5. The minimum absolute atomic E-state index is 0.377. The van der Waals surface area contributed by atoms with Crippen molar-refractivity contribution in [2.24, 2.45) is 5.92 Å². The van der Waals surface area contributed by atoms with Gasteiger partial charge in [0.05, 0.1) is 11.3 Å². The summed E-state index contributed by atoms with van der Waals surface area (Å²) in [7, 11) is 0. The van der Waals surface area contributed by atoms with Crippen LogP contribution in [-0.4, -0.2) is 10.1 Å². The first-order valence-corrected chi connectivity index (χ1v) is 5.33. The summed E-state index contributed by atoms with van der Waals surface area (Å²) in [6, 6.07) is 3.82. The highest BCUT2D eigenvalue weighted by Crippen LogP contribution is 2.30. The lowest BCUT2D eigenvalue weighted by Gasteiger charge is -2.04. The standard InChI is InChI=1S/C12H15N3O/c1-8(2)7-10-11(12(13)16-15-10)9-3-5-14-6-4-9/h3-6,8H,7,13H2,1-2H3. The molecular weight excluding hydrogens is 202 g/mol. The number of anilines is 1. The van der Waals surface area contributed by atoms with Crippen molar-refractivity contribution in [1.29, 1.82) is 0 Å². The van der Waals surface area contributed by atoms with Crippen molar-refractivity contribution in [3.8, 4) is 11.1 Å². The van der Waals surface area contributed by atoms with Crippen LogP contribution >= 0.6 is 0 Å². The monoisotopic (exact) mass is 217 g/mol. The molecule has 4 heteroatoms. The second kappa shape index (κ2) is 4.35. The maximum absolute atomic E-state index is 5.80. The zero-order valence-electron chi connectivity index (χ0n) is 9.47. The van der Waals surface area contributed by atoms with Crippen molar-refractivity contribution in [3.63, 3.8) is 0 Å². The molecule has 0 saturated heterocycles. The van der Waals surface area contributed by atoms with Crippen LogP contribution in [0.3, 0.4) is 0 Å². The fraction of sp³-hybridized carbons (Fsp3) is 0.333. The molecule has 4 nitrogen and oxygen atoms in total. The second-order valence-electron chi connectivity index (χ2n) is 4.20. The molecule has 0 aliphatic carbocycles. The van der Waals surface area contributed by atoms with Crippen molar-refractivity contribution in [2.75, 3.05) is 5.73 Å². The normalized spacial score (nSPS) is 10.9. The van der Waals surface area contributed by atoms with E-state index in [1.165, 1.54) is 0 Å². The number of hydrogen-bond acceptors (Lipinski definition) is 4. The first-order chi connectivity index (χ1) is 7.68. The van der Waals surface area contributed by atoms with Crippen molar-refractivity contribution in [2.45, 2.75) is 20.3 Å². The van der Waals surface area contributed by atoms with Crippen LogP contribution in [0.2, 0.25) is 0 Å². The number of nitrogens with two attached hydrogens (primary N) is 1. The minimum Gasteiger partial charge on any atom is -0.367 e. The fourth-order valence-electron chi connectivity index (χ4n) is 1.69. The van der Waals surface area contributed by atoms with Crippen LogP contribution in [-0.2, 0) is 6.42 Å². The molecular formula is C12H15N3O. The Balaban J connectivity index is 2.43. The van der Waals surface area contributed by atoms with Crippen LogP contribution < -0.4 is 5.73 Å². The molecule has 0 bridgehead atoms. The number of aromatic nitrogens is 2. The van der Waals surface area contributed by atoms with E-state index in [1.54, 1.807) is 12.4 Å². The van der Waals surface area contributed by atoms with Crippen molar-refractivity contribution < 1.29 is 4.52 Å². The van der Waals surface area contributed by atoms with E-state index in [2.05, 4.69) is 24.0 Å². The average molecular weight is 217 g/mol. The molecule has 0 spiro atoms. The van der Waals surface area contributed by atoms with E-state index in [4.69, 9.17) is 10.3 Å². The van der Waals surface area contributed by atoms with Gasteiger partial charge in [0.2, 0.25) is 5.88 Å². The largest absolute Gasteiger partial charge is 0.367 e. The molecule has 2 heterocycles. The maximum atomic E-state index is 5.80. The van der Waals surface area contributed by atoms with E-state index in [0.717, 1.165) is 23.2 Å². The lowest BCUT2D eigenvalue weighted by atomic mass is 10.0. The Morgan fingerprint density at radius 1 is 1.31 bits per heavy atom. The summed E-state index contributed by atoms with van der Waals surface area (Å²) < 4.78 is 5.06. The van der Waals surface area contributed by atoms with Crippen LogP contribution in [0, 0.1) is 5.92 Å². The van der Waals surface area contributed by atoms with Gasteiger partial charge in [-0.2, -0.15) is 0 Å². The molecule has 2 aromatic heterocycles. The van der Waals surface area contributed by atoms with E-state index in [0.29, 0.717) is 11.8 Å². The van der Waals surface area contributed by atoms with Gasteiger partial charge >= 0.3 is 0 Å². The van der Waals surface area contributed by atoms with Gasteiger partial charge in [-0.15, -0.1) is 0 Å². The Hall–Kier alpha value is -1.84. The Kier molecular flexibility index (Phi) is 2.90. The lowest BCUT2D eigenvalue weighted by Crippen LogP contribution is -1.97. The summed E-state index contributed by atoms with van der Waals surface area (Å²) in [4.78, 5) is 3.98. The van der Waals surface area contributed by atoms with E-state index >= 15 is 0 Å². The number of nitrogen functional groups attached to an aromatic ring is 1. The molecule has 2 rings (SSSR count). The van der Waals surface area contributed by atoms with Gasteiger partial charge in [-0.25, -0.2) is 0 Å². The third kappa shape index (κ3) is 2.05. The summed E-state index contributed by atoms with van der Waals surface area (Å²) in [6.45, 7) is 4.28. The predicted molar refractivity (Wildman–Crippen MR) is 62.7 cm³/mol. The smallest absolute Gasteiger partial charge is 0.230 e.